The largest absolute Gasteiger partial charge is 0.456 e. The van der Waals surface area contributed by atoms with Gasteiger partial charge >= 0.3 is 0 Å². The van der Waals surface area contributed by atoms with Crippen LogP contribution in [0.15, 0.2) is 186 Å². The van der Waals surface area contributed by atoms with Crippen LogP contribution in [0.5, 0.6) is 0 Å². The molecule has 0 bridgehead atoms. The van der Waals surface area contributed by atoms with Crippen molar-refractivity contribution in [2.45, 2.75) is 0 Å². The third-order valence-corrected chi connectivity index (χ3v) is 10.3. The number of hydrogen-bond donors (Lipinski definition) is 0. The first kappa shape index (κ1) is 21.4. The zero-order chi connectivity index (χ0) is 40.4. The third-order valence-electron chi connectivity index (χ3n) is 10.3. The summed E-state index contributed by atoms with van der Waals surface area (Å²) in [4.78, 5) is 0. The van der Waals surface area contributed by atoms with Crippen molar-refractivity contribution >= 4 is 75.8 Å². The normalized spacial score (nSPS) is 14.1. The maximum atomic E-state index is 9.48. The molecule has 236 valence electrons. The second kappa shape index (κ2) is 10.9. The van der Waals surface area contributed by atoms with Gasteiger partial charge in [0, 0.05) is 10.8 Å². The van der Waals surface area contributed by atoms with Gasteiger partial charge in [-0.1, -0.05) is 158 Å². The molecule has 0 N–H and O–H groups in total. The Morgan fingerprint density at radius 2 is 0.922 bits per heavy atom. The molecule has 1 heterocycles. The van der Waals surface area contributed by atoms with Crippen molar-refractivity contribution in [3.63, 3.8) is 0 Å². The van der Waals surface area contributed by atoms with Crippen LogP contribution in [0.1, 0.15) is 11.0 Å². The van der Waals surface area contributed by atoms with Gasteiger partial charge in [-0.25, -0.2) is 0 Å². The number of rotatable bonds is 3. The minimum atomic E-state index is -0.428. The van der Waals surface area contributed by atoms with Gasteiger partial charge in [0.2, 0.25) is 0 Å². The Hall–Kier alpha value is -6.70. The van der Waals surface area contributed by atoms with E-state index in [1.807, 2.05) is 109 Å². The highest BCUT2D eigenvalue weighted by molar-refractivity contribution is 6.25. The van der Waals surface area contributed by atoms with E-state index in [0.717, 1.165) is 65.4 Å². The first-order valence-electron chi connectivity index (χ1n) is 20.9. The van der Waals surface area contributed by atoms with E-state index >= 15 is 0 Å². The van der Waals surface area contributed by atoms with E-state index in [4.69, 9.17) is 9.90 Å². The van der Waals surface area contributed by atoms with Gasteiger partial charge in [-0.3, -0.25) is 0 Å². The van der Waals surface area contributed by atoms with Gasteiger partial charge in [0.05, 0.1) is 11.0 Å². The van der Waals surface area contributed by atoms with E-state index in [1.165, 1.54) is 0 Å². The van der Waals surface area contributed by atoms with Gasteiger partial charge in [-0.15, -0.1) is 0 Å². The number of fused-ring (bicyclic) bond motifs is 9. The van der Waals surface area contributed by atoms with E-state index in [1.54, 1.807) is 0 Å². The van der Waals surface area contributed by atoms with E-state index < -0.39 is 24.2 Å². The molecule has 10 aromatic carbocycles. The van der Waals surface area contributed by atoms with Crippen LogP contribution in [0.25, 0.3) is 109 Å². The summed E-state index contributed by atoms with van der Waals surface area (Å²) in [5.41, 5.74) is 5.26. The van der Waals surface area contributed by atoms with Crippen molar-refractivity contribution in [2.24, 2.45) is 0 Å². The zero-order valence-corrected chi connectivity index (χ0v) is 27.1. The molecular weight excluding hydrogens is 617 g/mol. The highest BCUT2D eigenvalue weighted by atomic mass is 16.3. The van der Waals surface area contributed by atoms with Crippen molar-refractivity contribution in [2.75, 3.05) is 0 Å². The second-order valence-electron chi connectivity index (χ2n) is 13.0. The van der Waals surface area contributed by atoms with Gasteiger partial charge < -0.3 is 4.42 Å². The lowest BCUT2D eigenvalue weighted by Gasteiger charge is -2.19. The predicted molar refractivity (Wildman–Crippen MR) is 218 cm³/mol. The second-order valence-corrected chi connectivity index (χ2v) is 13.0. The Bertz CT molecular complexity index is 3580. The predicted octanol–water partition coefficient (Wildman–Crippen LogP) is 14.4. The van der Waals surface area contributed by atoms with Crippen molar-refractivity contribution < 1.29 is 15.4 Å². The molecule has 51 heavy (non-hydrogen) atoms. The highest BCUT2D eigenvalue weighted by Crippen LogP contribution is 2.47. The summed E-state index contributed by atoms with van der Waals surface area (Å²) in [6.07, 6.45) is 0. The molecule has 0 saturated carbocycles. The fourth-order valence-electron chi connectivity index (χ4n) is 8.02. The van der Waals surface area contributed by atoms with E-state index in [9.17, 15) is 5.48 Å². The third kappa shape index (κ3) is 4.22. The van der Waals surface area contributed by atoms with Crippen LogP contribution in [-0.4, -0.2) is 0 Å². The lowest BCUT2D eigenvalue weighted by atomic mass is 9.84. The van der Waals surface area contributed by atoms with Crippen LogP contribution >= 0.6 is 0 Å². The zero-order valence-electron chi connectivity index (χ0n) is 35.1. The van der Waals surface area contributed by atoms with Crippen LogP contribution in [0, 0.1) is 0 Å². The number of furan rings is 1. The molecule has 11 aromatic rings. The monoisotopic (exact) mass is 654 g/mol. The summed E-state index contributed by atoms with van der Waals surface area (Å²) in [6.45, 7) is 0. The molecule has 11 rings (SSSR count). The fraction of sp³-hybridized carbons (Fsp3) is 0. The molecule has 0 saturated heterocycles. The summed E-state index contributed by atoms with van der Waals surface area (Å²) < 4.78 is 79.6. The molecular formula is C50H30O. The average Bonchev–Trinajstić information content (AvgIpc) is 3.66. The van der Waals surface area contributed by atoms with Crippen LogP contribution in [0.2, 0.25) is 0 Å². The minimum Gasteiger partial charge on any atom is -0.456 e. The fourth-order valence-corrected chi connectivity index (χ4v) is 8.02. The van der Waals surface area contributed by atoms with Gasteiger partial charge in [0.15, 0.2) is 0 Å². The summed E-state index contributed by atoms with van der Waals surface area (Å²) in [5, 5.41) is 8.46. The Morgan fingerprint density at radius 1 is 0.353 bits per heavy atom. The Kier molecular flexibility index (Phi) is 4.57. The summed E-state index contributed by atoms with van der Waals surface area (Å²) in [6, 6.07) is 40.8. The van der Waals surface area contributed by atoms with Gasteiger partial charge in [-0.2, -0.15) is 0 Å². The van der Waals surface area contributed by atoms with Gasteiger partial charge in [0.1, 0.15) is 11.2 Å². The Labute approximate surface area is 305 Å². The Balaban J connectivity index is 1.27. The minimum absolute atomic E-state index is 0.188. The van der Waals surface area contributed by atoms with Crippen LogP contribution < -0.4 is 0 Å². The standard InChI is InChI=1S/C50H30O/c1-2-13-33-29-35(24-23-31(33)11-1)48-41-15-5-7-17-43(41)49(44-18-8-6-16-42(44)48)40-22-10-20-38-36(19-9-21-39(38)40)34-26-27-46-45(30-34)50-37-14-4-3-12-32(37)25-28-47(50)51-46/h1-30H/i5D,6D,7D,8D,15D,16D,17D,18D. The van der Waals surface area contributed by atoms with Gasteiger partial charge in [-0.05, 0) is 112 Å². The molecule has 1 nitrogen and oxygen atoms in total. The van der Waals surface area contributed by atoms with Crippen LogP contribution in [-0.2, 0) is 0 Å². The lowest BCUT2D eigenvalue weighted by Crippen LogP contribution is -1.92. The highest BCUT2D eigenvalue weighted by Gasteiger charge is 2.19. The molecule has 0 radical (unpaired) electrons. The Morgan fingerprint density at radius 3 is 1.69 bits per heavy atom. The molecule has 0 aliphatic rings. The first-order valence-corrected chi connectivity index (χ1v) is 16.9. The van der Waals surface area contributed by atoms with Crippen molar-refractivity contribution in [3.05, 3.63) is 182 Å². The van der Waals surface area contributed by atoms with Crippen LogP contribution in [0.4, 0.5) is 0 Å². The van der Waals surface area contributed by atoms with E-state index in [-0.39, 0.29) is 45.7 Å². The van der Waals surface area contributed by atoms with Crippen molar-refractivity contribution in [3.8, 4) is 33.4 Å². The molecule has 0 aliphatic carbocycles. The molecule has 0 aliphatic heterocycles. The topological polar surface area (TPSA) is 13.1 Å². The average molecular weight is 655 g/mol. The maximum Gasteiger partial charge on any atom is 0.136 e. The SMILES string of the molecule is [2H]c1c([2H])c([2H])c2c(-c3cccc4c(-c5ccc6oc7ccc8ccccc8c7c6c5)cccc34)c3c([2H])c([2H])c([2H])c([2H])c3c(-c3ccc4ccccc4c3)c2c1[2H]. The first-order chi connectivity index (χ1) is 28.6. The molecule has 1 heteroatoms. The number of benzene rings is 10. The molecule has 0 unspecified atom stereocenters. The molecule has 0 atom stereocenters. The van der Waals surface area contributed by atoms with Gasteiger partial charge in [0.25, 0.3) is 0 Å². The molecule has 0 amide bonds. The van der Waals surface area contributed by atoms with E-state index in [2.05, 4.69) is 24.3 Å². The maximum absolute atomic E-state index is 9.48. The van der Waals surface area contributed by atoms with E-state index in [0.29, 0.717) is 22.3 Å². The number of hydrogen-bond acceptors (Lipinski definition) is 1. The quantitative estimate of drug-likeness (QED) is 0.173. The van der Waals surface area contributed by atoms with Crippen LogP contribution in [0.3, 0.4) is 0 Å². The molecule has 0 fully saturated rings. The van der Waals surface area contributed by atoms with Crippen molar-refractivity contribution in [1.29, 1.82) is 0 Å². The summed E-state index contributed by atoms with van der Waals surface area (Å²) >= 11 is 0. The van der Waals surface area contributed by atoms with Crippen molar-refractivity contribution in [1.82, 2.24) is 0 Å². The summed E-state index contributed by atoms with van der Waals surface area (Å²) in [5.74, 6) is 0. The molecule has 0 spiro atoms. The smallest absolute Gasteiger partial charge is 0.136 e. The lowest BCUT2D eigenvalue weighted by molar-refractivity contribution is 0.669. The molecule has 1 aromatic heterocycles. The summed E-state index contributed by atoms with van der Waals surface area (Å²) in [7, 11) is 0.